The van der Waals surface area contributed by atoms with E-state index in [4.69, 9.17) is 9.15 Å². The van der Waals surface area contributed by atoms with Crippen LogP contribution in [0.3, 0.4) is 0 Å². The second-order valence-corrected chi connectivity index (χ2v) is 8.81. The van der Waals surface area contributed by atoms with Gasteiger partial charge in [0.2, 0.25) is 0 Å². The van der Waals surface area contributed by atoms with Crippen LogP contribution in [0.2, 0.25) is 0 Å². The van der Waals surface area contributed by atoms with E-state index < -0.39 is 0 Å². The van der Waals surface area contributed by atoms with E-state index in [1.165, 1.54) is 16.8 Å². The van der Waals surface area contributed by atoms with Crippen LogP contribution in [0.1, 0.15) is 38.0 Å². The molecule has 0 unspecified atom stereocenters. The van der Waals surface area contributed by atoms with Gasteiger partial charge in [0.1, 0.15) is 11.3 Å². The highest BCUT2D eigenvalue weighted by Gasteiger charge is 2.32. The van der Waals surface area contributed by atoms with Gasteiger partial charge in [0.05, 0.1) is 19.3 Å². The molecule has 1 aliphatic heterocycles. The van der Waals surface area contributed by atoms with Gasteiger partial charge in [-0.2, -0.15) is 5.26 Å². The molecule has 0 amide bonds. The summed E-state index contributed by atoms with van der Waals surface area (Å²) in [7, 11) is 0. The second kappa shape index (κ2) is 7.93. The van der Waals surface area contributed by atoms with Gasteiger partial charge >= 0.3 is 0 Å². The maximum atomic E-state index is 9.38. The summed E-state index contributed by atoms with van der Waals surface area (Å²) in [5.41, 5.74) is 5.83. The number of morpholine rings is 1. The quantitative estimate of drug-likeness (QED) is 0.641. The minimum atomic E-state index is 0.114. The molecular weight excluding hydrogens is 360 g/mol. The van der Waals surface area contributed by atoms with E-state index in [1.54, 1.807) is 6.08 Å². The second-order valence-electron chi connectivity index (χ2n) is 8.81. The highest BCUT2D eigenvalue weighted by molar-refractivity contribution is 5.80. The predicted molar refractivity (Wildman–Crippen MR) is 116 cm³/mol. The third-order valence-electron chi connectivity index (χ3n) is 5.66. The molecule has 1 fully saturated rings. The monoisotopic (exact) mass is 388 g/mol. The lowest BCUT2D eigenvalue weighted by atomic mass is 9.73. The van der Waals surface area contributed by atoms with E-state index in [2.05, 4.69) is 68.2 Å². The number of aryl methyl sites for hydroxylation is 1. The average molecular weight is 389 g/mol. The number of nitriles is 1. The zero-order valence-electron chi connectivity index (χ0n) is 17.5. The molecule has 1 aliphatic carbocycles. The first-order valence-corrected chi connectivity index (χ1v) is 10.3. The summed E-state index contributed by atoms with van der Waals surface area (Å²) in [5, 5.41) is 10.5. The lowest BCUT2D eigenvalue weighted by molar-refractivity contribution is 0.0529. The number of hydrogen-bond donors (Lipinski definition) is 0. The van der Waals surface area contributed by atoms with Crippen molar-refractivity contribution in [2.75, 3.05) is 26.3 Å². The van der Waals surface area contributed by atoms with Crippen LogP contribution in [0, 0.1) is 23.7 Å². The molecule has 29 heavy (non-hydrogen) atoms. The maximum Gasteiger partial charge on any atom is 0.135 e. The molecule has 4 nitrogen and oxygen atoms in total. The molecule has 1 aromatic heterocycles. The first kappa shape index (κ1) is 19.5. The van der Waals surface area contributed by atoms with Crippen LogP contribution in [0.5, 0.6) is 0 Å². The van der Waals surface area contributed by atoms with Crippen molar-refractivity contribution in [1.82, 2.24) is 4.90 Å². The Labute approximate surface area is 172 Å². The van der Waals surface area contributed by atoms with E-state index in [9.17, 15) is 5.26 Å². The molecule has 150 valence electrons. The van der Waals surface area contributed by atoms with Crippen molar-refractivity contribution >= 4 is 17.0 Å². The molecule has 0 saturated carbocycles. The van der Waals surface area contributed by atoms with Crippen molar-refractivity contribution < 1.29 is 9.15 Å². The molecule has 0 atom stereocenters. The van der Waals surface area contributed by atoms with Crippen LogP contribution in [-0.2, 0) is 4.74 Å². The van der Waals surface area contributed by atoms with E-state index in [0.717, 1.165) is 61.4 Å². The molecule has 2 aromatic rings. The summed E-state index contributed by atoms with van der Waals surface area (Å²) in [5.74, 6) is 0.855. The van der Waals surface area contributed by atoms with Crippen LogP contribution in [0.4, 0.5) is 0 Å². The number of fused-ring (bicyclic) bond motifs is 1. The summed E-state index contributed by atoms with van der Waals surface area (Å²) in [6.07, 6.45) is 7.86. The van der Waals surface area contributed by atoms with Crippen molar-refractivity contribution in [3.63, 3.8) is 0 Å². The fourth-order valence-electron chi connectivity index (χ4n) is 4.42. The summed E-state index contributed by atoms with van der Waals surface area (Å²) in [6.45, 7) is 9.79. The molecule has 4 rings (SSSR count). The Kier molecular flexibility index (Phi) is 5.34. The Morgan fingerprint density at radius 2 is 1.90 bits per heavy atom. The summed E-state index contributed by atoms with van der Waals surface area (Å²) in [4.78, 5) is 2.38. The zero-order chi connectivity index (χ0) is 20.4. The van der Waals surface area contributed by atoms with Crippen molar-refractivity contribution in [1.29, 1.82) is 5.26 Å². The molecule has 2 aliphatic rings. The molecular formula is C25H28N2O2. The van der Waals surface area contributed by atoms with Gasteiger partial charge in [-0.25, -0.2) is 0 Å². The van der Waals surface area contributed by atoms with Gasteiger partial charge in [-0.1, -0.05) is 32.1 Å². The maximum absolute atomic E-state index is 9.38. The average Bonchev–Trinajstić information content (AvgIpc) is 3.08. The predicted octanol–water partition coefficient (Wildman–Crippen LogP) is 5.61. The number of nitrogens with zero attached hydrogens (tertiary/aromatic N) is 2. The van der Waals surface area contributed by atoms with Gasteiger partial charge < -0.3 is 14.1 Å². The number of allylic oxidation sites excluding steroid dienone is 4. The Balaban J connectivity index is 1.75. The van der Waals surface area contributed by atoms with Crippen molar-refractivity contribution in [3.05, 3.63) is 64.6 Å². The third kappa shape index (κ3) is 4.31. The lowest BCUT2D eigenvalue weighted by Crippen LogP contribution is -2.38. The topological polar surface area (TPSA) is 49.4 Å². The van der Waals surface area contributed by atoms with Crippen molar-refractivity contribution in [2.45, 2.75) is 33.6 Å². The minimum absolute atomic E-state index is 0.114. The fraction of sp³-hybridized carbons (Fsp3) is 0.400. The van der Waals surface area contributed by atoms with Crippen LogP contribution in [0.25, 0.3) is 17.0 Å². The number of ether oxygens (including phenoxy) is 1. The van der Waals surface area contributed by atoms with Gasteiger partial charge in [-0.15, -0.1) is 0 Å². The zero-order valence-corrected chi connectivity index (χ0v) is 17.5. The van der Waals surface area contributed by atoms with E-state index >= 15 is 0 Å². The van der Waals surface area contributed by atoms with Crippen molar-refractivity contribution in [3.8, 4) is 6.07 Å². The molecule has 0 radical (unpaired) electrons. The first-order valence-electron chi connectivity index (χ1n) is 10.3. The standard InChI is InChI=1S/C25H28N2O2/c1-18-4-5-19-15-22(29-23(19)14-18)7-6-20-16-25(2,3)17-21(8-9-26)24(20)27-10-12-28-13-11-27/h4-8,14-15H,10-13,16-17H2,1-3H3/b7-6+,21-8+. The number of benzene rings is 1. The first-order chi connectivity index (χ1) is 13.9. The van der Waals surface area contributed by atoms with Gasteiger partial charge in [0.25, 0.3) is 0 Å². The Morgan fingerprint density at radius 3 is 2.66 bits per heavy atom. The Hall–Kier alpha value is -2.77. The SMILES string of the molecule is Cc1ccc2cc(/C=C/C3=C(N4CCOCC4)C(=C/C#N)/CC(C)(C)C3)oc2c1. The van der Waals surface area contributed by atoms with Gasteiger partial charge in [0, 0.05) is 30.2 Å². The van der Waals surface area contributed by atoms with Gasteiger partial charge in [-0.3, -0.25) is 0 Å². The molecule has 4 heteroatoms. The molecule has 1 aromatic carbocycles. The molecule has 0 bridgehead atoms. The number of hydrogen-bond acceptors (Lipinski definition) is 4. The van der Waals surface area contributed by atoms with E-state index in [-0.39, 0.29) is 5.41 Å². The van der Waals surface area contributed by atoms with Gasteiger partial charge in [-0.05, 0) is 60.1 Å². The smallest absolute Gasteiger partial charge is 0.135 e. The Bertz CT molecular complexity index is 1040. The number of rotatable bonds is 3. The summed E-state index contributed by atoms with van der Waals surface area (Å²) < 4.78 is 11.6. The summed E-state index contributed by atoms with van der Waals surface area (Å²) in [6, 6.07) is 10.6. The lowest BCUT2D eigenvalue weighted by Gasteiger charge is -2.40. The van der Waals surface area contributed by atoms with Crippen LogP contribution >= 0.6 is 0 Å². The normalized spacial score (nSPS) is 21.3. The van der Waals surface area contributed by atoms with Crippen molar-refractivity contribution in [2.24, 2.45) is 5.41 Å². The summed E-state index contributed by atoms with van der Waals surface area (Å²) >= 11 is 0. The highest BCUT2D eigenvalue weighted by atomic mass is 16.5. The van der Waals surface area contributed by atoms with E-state index in [1.807, 2.05) is 0 Å². The van der Waals surface area contributed by atoms with Crippen LogP contribution < -0.4 is 0 Å². The molecule has 1 saturated heterocycles. The van der Waals surface area contributed by atoms with Gasteiger partial charge in [0.15, 0.2) is 0 Å². The molecule has 2 heterocycles. The molecule has 0 N–H and O–H groups in total. The van der Waals surface area contributed by atoms with E-state index in [0.29, 0.717) is 0 Å². The fourth-order valence-corrected chi connectivity index (χ4v) is 4.42. The van der Waals surface area contributed by atoms with Crippen LogP contribution in [0.15, 0.2) is 57.7 Å². The largest absolute Gasteiger partial charge is 0.457 e. The third-order valence-corrected chi connectivity index (χ3v) is 5.66. The van der Waals surface area contributed by atoms with Crippen LogP contribution in [-0.4, -0.2) is 31.2 Å². The number of furan rings is 1. The highest BCUT2D eigenvalue weighted by Crippen LogP contribution is 2.43. The minimum Gasteiger partial charge on any atom is -0.457 e. The Morgan fingerprint density at radius 1 is 1.10 bits per heavy atom. The molecule has 0 spiro atoms.